The molecule has 1 unspecified atom stereocenters. The number of benzene rings is 2. The third-order valence-corrected chi connectivity index (χ3v) is 6.04. The summed E-state index contributed by atoms with van der Waals surface area (Å²) in [5.41, 5.74) is 3.11. The van der Waals surface area contributed by atoms with Gasteiger partial charge in [-0.3, -0.25) is 14.5 Å². The first-order valence-electron chi connectivity index (χ1n) is 10.6. The van der Waals surface area contributed by atoms with Crippen LogP contribution in [-0.2, 0) is 22.6 Å². The highest BCUT2D eigenvalue weighted by molar-refractivity contribution is 5.85. The summed E-state index contributed by atoms with van der Waals surface area (Å²) in [6, 6.07) is 14.0. The van der Waals surface area contributed by atoms with E-state index < -0.39 is 0 Å². The second kappa shape index (κ2) is 8.96. The van der Waals surface area contributed by atoms with Crippen LogP contribution in [0.5, 0.6) is 0 Å². The Morgan fingerprint density at radius 1 is 1.03 bits per heavy atom. The Kier molecular flexibility index (Phi) is 6.13. The zero-order chi connectivity index (χ0) is 21.1. The van der Waals surface area contributed by atoms with E-state index in [4.69, 9.17) is 0 Å². The van der Waals surface area contributed by atoms with Gasteiger partial charge in [-0.2, -0.15) is 0 Å². The predicted octanol–water partition coefficient (Wildman–Crippen LogP) is 2.62. The fourth-order valence-electron chi connectivity index (χ4n) is 4.41. The van der Waals surface area contributed by atoms with Crippen LogP contribution in [0.3, 0.4) is 0 Å². The lowest BCUT2D eigenvalue weighted by Gasteiger charge is -2.40. The van der Waals surface area contributed by atoms with Crippen molar-refractivity contribution >= 4 is 11.8 Å². The van der Waals surface area contributed by atoms with Crippen molar-refractivity contribution in [2.24, 2.45) is 0 Å². The van der Waals surface area contributed by atoms with Gasteiger partial charge in [0.05, 0.1) is 6.42 Å². The van der Waals surface area contributed by atoms with Crippen LogP contribution in [0.15, 0.2) is 48.5 Å². The second-order valence-corrected chi connectivity index (χ2v) is 8.30. The molecule has 2 aromatic carbocycles. The van der Waals surface area contributed by atoms with Crippen LogP contribution in [-0.4, -0.2) is 65.3 Å². The molecule has 2 fully saturated rings. The quantitative estimate of drug-likeness (QED) is 0.780. The van der Waals surface area contributed by atoms with Crippen molar-refractivity contribution in [1.29, 1.82) is 0 Å². The fourth-order valence-corrected chi connectivity index (χ4v) is 4.41. The molecule has 0 spiro atoms. The molecule has 0 radical (unpaired) electrons. The Morgan fingerprint density at radius 2 is 1.83 bits per heavy atom. The Hall–Kier alpha value is -2.73. The molecule has 0 N–H and O–H groups in total. The Labute approximate surface area is 177 Å². The van der Waals surface area contributed by atoms with E-state index in [0.717, 1.165) is 30.6 Å². The van der Waals surface area contributed by atoms with Crippen molar-refractivity contribution in [3.8, 4) is 0 Å². The monoisotopic (exact) mass is 409 g/mol. The van der Waals surface area contributed by atoms with Gasteiger partial charge >= 0.3 is 0 Å². The normalized spacial score (nSPS) is 20.1. The van der Waals surface area contributed by atoms with Crippen LogP contribution < -0.4 is 0 Å². The molecule has 30 heavy (non-hydrogen) atoms. The molecule has 4 rings (SSSR count). The maximum absolute atomic E-state index is 13.3. The van der Waals surface area contributed by atoms with E-state index in [1.165, 1.54) is 17.7 Å². The minimum Gasteiger partial charge on any atom is -0.340 e. The van der Waals surface area contributed by atoms with E-state index in [1.807, 2.05) is 15.9 Å². The minimum absolute atomic E-state index is 0.00735. The highest BCUT2D eigenvalue weighted by Gasteiger charge is 2.38. The first-order valence-corrected chi connectivity index (χ1v) is 10.6. The molecule has 2 aliphatic rings. The lowest BCUT2D eigenvalue weighted by molar-refractivity contribution is -0.143. The van der Waals surface area contributed by atoms with Gasteiger partial charge in [-0.1, -0.05) is 42.0 Å². The van der Waals surface area contributed by atoms with E-state index in [9.17, 15) is 14.0 Å². The van der Waals surface area contributed by atoms with Crippen LogP contribution in [0.4, 0.5) is 4.39 Å². The summed E-state index contributed by atoms with van der Waals surface area (Å²) in [6.45, 7) is 6.11. The average molecular weight is 410 g/mol. The number of hydrogen-bond acceptors (Lipinski definition) is 3. The van der Waals surface area contributed by atoms with E-state index in [0.29, 0.717) is 26.2 Å². The summed E-state index contributed by atoms with van der Waals surface area (Å²) in [4.78, 5) is 32.1. The highest BCUT2D eigenvalue weighted by atomic mass is 19.1. The Morgan fingerprint density at radius 3 is 2.60 bits per heavy atom. The summed E-state index contributed by atoms with van der Waals surface area (Å²) >= 11 is 0. The maximum Gasteiger partial charge on any atom is 0.242 e. The molecule has 5 nitrogen and oxygen atoms in total. The summed E-state index contributed by atoms with van der Waals surface area (Å²) in [5.74, 6) is -0.213. The van der Waals surface area contributed by atoms with Gasteiger partial charge in [0.1, 0.15) is 11.9 Å². The first kappa shape index (κ1) is 20.5. The number of fused-ring (bicyclic) bond motifs is 1. The smallest absolute Gasteiger partial charge is 0.242 e. The molecule has 2 aliphatic heterocycles. The molecule has 6 heteroatoms. The van der Waals surface area contributed by atoms with E-state index in [2.05, 4.69) is 30.0 Å². The molecule has 1 atom stereocenters. The van der Waals surface area contributed by atoms with Gasteiger partial charge < -0.3 is 9.80 Å². The number of carbonyl (C=O) groups is 2. The largest absolute Gasteiger partial charge is 0.340 e. The lowest BCUT2D eigenvalue weighted by Crippen LogP contribution is -2.59. The molecule has 2 heterocycles. The van der Waals surface area contributed by atoms with Crippen LogP contribution in [0.25, 0.3) is 0 Å². The lowest BCUT2D eigenvalue weighted by atomic mass is 10.1. The molecular formula is C24H28FN3O2. The van der Waals surface area contributed by atoms with Gasteiger partial charge in [-0.15, -0.1) is 0 Å². The molecule has 0 bridgehead atoms. The predicted molar refractivity (Wildman–Crippen MR) is 113 cm³/mol. The Bertz CT molecular complexity index is 915. The van der Waals surface area contributed by atoms with E-state index in [-0.39, 0.29) is 30.1 Å². The van der Waals surface area contributed by atoms with Gasteiger partial charge in [-0.25, -0.2) is 4.39 Å². The van der Waals surface area contributed by atoms with Crippen molar-refractivity contribution in [3.05, 3.63) is 71.0 Å². The molecule has 2 amide bonds. The number of rotatable bonds is 4. The Balaban J connectivity index is 1.43. The number of nitrogens with zero attached hydrogens (tertiary/aromatic N) is 3. The molecule has 0 aromatic heterocycles. The minimum atomic E-state index is -0.307. The average Bonchev–Trinajstić information content (AvgIpc) is 2.95. The SMILES string of the molecule is Cc1cccc(CN2CCN3CCCN(C(=O)Cc4ccc(F)cc4)CC3C2=O)c1. The van der Waals surface area contributed by atoms with Gasteiger partial charge in [0.15, 0.2) is 0 Å². The van der Waals surface area contributed by atoms with Gasteiger partial charge in [0.25, 0.3) is 0 Å². The fraction of sp³-hybridized carbons (Fsp3) is 0.417. The van der Waals surface area contributed by atoms with Gasteiger partial charge in [-0.05, 0) is 36.6 Å². The van der Waals surface area contributed by atoms with Crippen LogP contribution in [0.2, 0.25) is 0 Å². The van der Waals surface area contributed by atoms with Gasteiger partial charge in [0.2, 0.25) is 11.8 Å². The van der Waals surface area contributed by atoms with Crippen molar-refractivity contribution in [2.75, 3.05) is 32.7 Å². The van der Waals surface area contributed by atoms with Crippen molar-refractivity contribution in [1.82, 2.24) is 14.7 Å². The molecule has 0 saturated carbocycles. The third-order valence-electron chi connectivity index (χ3n) is 6.04. The highest BCUT2D eigenvalue weighted by Crippen LogP contribution is 2.20. The summed E-state index contributed by atoms with van der Waals surface area (Å²) in [5, 5.41) is 0. The van der Waals surface area contributed by atoms with Crippen molar-refractivity contribution < 1.29 is 14.0 Å². The number of halogens is 1. The molecule has 0 aliphatic carbocycles. The molecule has 2 saturated heterocycles. The zero-order valence-corrected chi connectivity index (χ0v) is 17.4. The van der Waals surface area contributed by atoms with E-state index >= 15 is 0 Å². The number of piperazine rings is 1. The summed E-state index contributed by atoms with van der Waals surface area (Å²) < 4.78 is 13.1. The second-order valence-electron chi connectivity index (χ2n) is 8.30. The number of carbonyl (C=O) groups excluding carboxylic acids is 2. The summed E-state index contributed by atoms with van der Waals surface area (Å²) in [7, 11) is 0. The number of hydrogen-bond donors (Lipinski definition) is 0. The maximum atomic E-state index is 13.3. The van der Waals surface area contributed by atoms with Crippen molar-refractivity contribution in [2.45, 2.75) is 32.4 Å². The van der Waals surface area contributed by atoms with Crippen LogP contribution in [0.1, 0.15) is 23.1 Å². The number of amides is 2. The van der Waals surface area contributed by atoms with E-state index in [1.54, 1.807) is 12.1 Å². The molecule has 2 aromatic rings. The first-order chi connectivity index (χ1) is 14.5. The zero-order valence-electron chi connectivity index (χ0n) is 17.4. The van der Waals surface area contributed by atoms with Crippen LogP contribution in [0, 0.1) is 12.7 Å². The standard InChI is InChI=1S/C24H28FN3O2/c1-18-4-2-5-20(14-18)16-28-13-12-26-10-3-11-27(17-22(26)24(28)30)23(29)15-19-6-8-21(25)9-7-19/h2,4-9,14,22H,3,10-13,15-17H2,1H3. The van der Waals surface area contributed by atoms with Crippen LogP contribution >= 0.6 is 0 Å². The summed E-state index contributed by atoms with van der Waals surface area (Å²) in [6.07, 6.45) is 1.09. The molecule has 158 valence electrons. The molecular weight excluding hydrogens is 381 g/mol. The van der Waals surface area contributed by atoms with Crippen molar-refractivity contribution in [3.63, 3.8) is 0 Å². The number of aryl methyl sites for hydroxylation is 1. The topological polar surface area (TPSA) is 43.9 Å². The van der Waals surface area contributed by atoms with Gasteiger partial charge in [0, 0.05) is 39.3 Å². The third kappa shape index (κ3) is 4.70.